The molecule has 73 valence electrons. The molecule has 2 nitrogen and oxygen atoms in total. The zero-order chi connectivity index (χ0) is 10.1. The summed E-state index contributed by atoms with van der Waals surface area (Å²) in [6.45, 7) is 2.12. The Labute approximate surface area is 85.2 Å². The fraction of sp³-hybridized carbons (Fsp3) is 0.333. The van der Waals surface area contributed by atoms with E-state index in [1.165, 1.54) is 16.9 Å². The Bertz CT molecular complexity index is 368. The normalized spacial score (nSPS) is 20.4. The average molecular weight is 187 g/mol. The Kier molecular flexibility index (Phi) is 2.30. The Morgan fingerprint density at radius 2 is 2.00 bits per heavy atom. The van der Waals surface area contributed by atoms with Crippen LogP contribution in [-0.2, 0) is 0 Å². The van der Waals surface area contributed by atoms with Crippen molar-refractivity contribution in [2.75, 3.05) is 19.0 Å². The van der Waals surface area contributed by atoms with Crippen LogP contribution in [0, 0.1) is 0 Å². The third kappa shape index (κ3) is 1.32. The highest BCUT2D eigenvalue weighted by molar-refractivity contribution is 5.62. The standard InChI is InChI=1S/C12H15N2/c1-9-8-11(13-2)10-6-4-5-7-12(10)14(9)3/h4-8,11H,1-3H3. The quantitative estimate of drug-likeness (QED) is 0.659. The van der Waals surface area contributed by atoms with E-state index < -0.39 is 0 Å². The summed E-state index contributed by atoms with van der Waals surface area (Å²) in [6, 6.07) is 8.65. The van der Waals surface area contributed by atoms with E-state index in [1.54, 1.807) is 0 Å². The van der Waals surface area contributed by atoms with E-state index in [0.717, 1.165) is 0 Å². The Hall–Kier alpha value is -1.28. The molecule has 1 aromatic carbocycles. The molecular formula is C12H15N2. The number of fused-ring (bicyclic) bond motifs is 1. The van der Waals surface area contributed by atoms with Gasteiger partial charge in [-0.3, -0.25) is 0 Å². The van der Waals surface area contributed by atoms with Gasteiger partial charge in [-0.05, 0) is 24.6 Å². The van der Waals surface area contributed by atoms with E-state index >= 15 is 0 Å². The number of nitrogens with zero attached hydrogens (tertiary/aromatic N) is 2. The molecule has 1 atom stereocenters. The first-order chi connectivity index (χ1) is 6.74. The van der Waals surface area contributed by atoms with Crippen LogP contribution in [0.25, 0.3) is 0 Å². The van der Waals surface area contributed by atoms with E-state index in [2.05, 4.69) is 54.5 Å². The summed E-state index contributed by atoms with van der Waals surface area (Å²) in [5.74, 6) is 0. The lowest BCUT2D eigenvalue weighted by molar-refractivity contribution is 0.680. The molecule has 1 radical (unpaired) electrons. The number of rotatable bonds is 1. The molecule has 14 heavy (non-hydrogen) atoms. The second kappa shape index (κ2) is 3.46. The van der Waals surface area contributed by atoms with Crippen molar-refractivity contribution in [1.29, 1.82) is 0 Å². The zero-order valence-corrected chi connectivity index (χ0v) is 8.86. The molecule has 1 aromatic rings. The van der Waals surface area contributed by atoms with E-state index in [0.29, 0.717) is 0 Å². The first-order valence-electron chi connectivity index (χ1n) is 4.84. The van der Waals surface area contributed by atoms with Gasteiger partial charge in [0.1, 0.15) is 0 Å². The molecule has 0 amide bonds. The zero-order valence-electron chi connectivity index (χ0n) is 8.86. The Balaban J connectivity index is 2.52. The number of benzene rings is 1. The summed E-state index contributed by atoms with van der Waals surface area (Å²) < 4.78 is 0. The largest absolute Gasteiger partial charge is 0.348 e. The average Bonchev–Trinajstić information content (AvgIpc) is 2.23. The minimum absolute atomic E-state index is 0.224. The van der Waals surface area contributed by atoms with Crippen LogP contribution in [0.5, 0.6) is 0 Å². The molecule has 2 heteroatoms. The van der Waals surface area contributed by atoms with Gasteiger partial charge in [-0.1, -0.05) is 18.2 Å². The van der Waals surface area contributed by atoms with Gasteiger partial charge in [-0.15, -0.1) is 0 Å². The monoisotopic (exact) mass is 187 g/mol. The van der Waals surface area contributed by atoms with Crippen molar-refractivity contribution in [1.82, 2.24) is 5.32 Å². The van der Waals surface area contributed by atoms with Crippen molar-refractivity contribution in [3.05, 3.63) is 41.6 Å². The first-order valence-corrected chi connectivity index (χ1v) is 4.84. The Morgan fingerprint density at radius 1 is 1.29 bits per heavy atom. The van der Waals surface area contributed by atoms with Crippen LogP contribution in [0.2, 0.25) is 0 Å². The fourth-order valence-electron chi connectivity index (χ4n) is 1.88. The summed E-state index contributed by atoms with van der Waals surface area (Å²) in [7, 11) is 3.97. The van der Waals surface area contributed by atoms with Crippen molar-refractivity contribution < 1.29 is 0 Å². The highest BCUT2D eigenvalue weighted by Crippen LogP contribution is 2.33. The highest BCUT2D eigenvalue weighted by Gasteiger charge is 2.20. The first kappa shape index (κ1) is 9.28. The molecule has 1 aliphatic heterocycles. The number of anilines is 1. The second-order valence-electron chi connectivity index (χ2n) is 3.63. The summed E-state index contributed by atoms with van der Waals surface area (Å²) in [5, 5.41) is 4.37. The minimum Gasteiger partial charge on any atom is -0.348 e. The lowest BCUT2D eigenvalue weighted by atomic mass is 9.99. The maximum Gasteiger partial charge on any atom is 0.0713 e. The summed E-state index contributed by atoms with van der Waals surface area (Å²) in [4.78, 5) is 2.21. The molecule has 0 fully saturated rings. The highest BCUT2D eigenvalue weighted by atomic mass is 15.1. The van der Waals surface area contributed by atoms with Gasteiger partial charge in [0.2, 0.25) is 0 Å². The SMILES string of the molecule is C[N]C1C=C(C)N(C)c2ccccc21. The lowest BCUT2D eigenvalue weighted by Crippen LogP contribution is -2.24. The van der Waals surface area contributed by atoms with Gasteiger partial charge in [-0.2, -0.15) is 0 Å². The van der Waals surface area contributed by atoms with Crippen molar-refractivity contribution >= 4 is 5.69 Å². The lowest BCUT2D eigenvalue weighted by Gasteiger charge is -2.30. The van der Waals surface area contributed by atoms with Gasteiger partial charge >= 0.3 is 0 Å². The van der Waals surface area contributed by atoms with Crippen LogP contribution in [0.4, 0.5) is 5.69 Å². The minimum atomic E-state index is 0.224. The maximum atomic E-state index is 4.37. The number of hydrogen-bond acceptors (Lipinski definition) is 1. The van der Waals surface area contributed by atoms with Crippen molar-refractivity contribution in [2.24, 2.45) is 0 Å². The predicted octanol–water partition coefficient (Wildman–Crippen LogP) is 2.32. The van der Waals surface area contributed by atoms with Crippen LogP contribution in [0.1, 0.15) is 18.5 Å². The number of hydrogen-bond donors (Lipinski definition) is 0. The van der Waals surface area contributed by atoms with E-state index in [4.69, 9.17) is 0 Å². The van der Waals surface area contributed by atoms with Crippen molar-refractivity contribution in [3.8, 4) is 0 Å². The molecule has 0 aliphatic carbocycles. The van der Waals surface area contributed by atoms with Crippen LogP contribution in [0.3, 0.4) is 0 Å². The van der Waals surface area contributed by atoms with Crippen LogP contribution >= 0.6 is 0 Å². The number of para-hydroxylation sites is 1. The molecule has 0 bridgehead atoms. The predicted molar refractivity (Wildman–Crippen MR) is 59.4 cm³/mol. The Morgan fingerprint density at radius 3 is 2.71 bits per heavy atom. The summed E-state index contributed by atoms with van der Waals surface area (Å²) in [6.07, 6.45) is 2.20. The maximum absolute atomic E-state index is 4.37. The van der Waals surface area contributed by atoms with E-state index in [1.807, 2.05) is 7.05 Å². The summed E-state index contributed by atoms with van der Waals surface area (Å²) >= 11 is 0. The van der Waals surface area contributed by atoms with Gasteiger partial charge in [-0.25, -0.2) is 5.32 Å². The van der Waals surface area contributed by atoms with Crippen LogP contribution in [0.15, 0.2) is 36.0 Å². The van der Waals surface area contributed by atoms with Crippen molar-refractivity contribution in [3.63, 3.8) is 0 Å². The van der Waals surface area contributed by atoms with Crippen LogP contribution < -0.4 is 10.2 Å². The second-order valence-corrected chi connectivity index (χ2v) is 3.63. The molecule has 0 aromatic heterocycles. The van der Waals surface area contributed by atoms with Gasteiger partial charge < -0.3 is 4.90 Å². The van der Waals surface area contributed by atoms with E-state index in [-0.39, 0.29) is 6.04 Å². The molecule has 2 rings (SSSR count). The topological polar surface area (TPSA) is 17.3 Å². The van der Waals surface area contributed by atoms with Gasteiger partial charge in [0.15, 0.2) is 0 Å². The van der Waals surface area contributed by atoms with Crippen LogP contribution in [-0.4, -0.2) is 14.1 Å². The molecule has 0 saturated carbocycles. The van der Waals surface area contributed by atoms with Crippen molar-refractivity contribution in [2.45, 2.75) is 13.0 Å². The fourth-order valence-corrected chi connectivity index (χ4v) is 1.88. The number of likely N-dealkylation sites (N-methyl/N-ethyl adjacent to an activating group) is 1. The van der Waals surface area contributed by atoms with E-state index in [9.17, 15) is 0 Å². The number of allylic oxidation sites excluding steroid dienone is 1. The third-order valence-corrected chi connectivity index (χ3v) is 2.82. The van der Waals surface area contributed by atoms with Gasteiger partial charge in [0.05, 0.1) is 6.04 Å². The van der Waals surface area contributed by atoms with Gasteiger partial charge in [0, 0.05) is 25.5 Å². The summed E-state index contributed by atoms with van der Waals surface area (Å²) in [5.41, 5.74) is 3.82. The smallest absolute Gasteiger partial charge is 0.0713 e. The molecule has 1 heterocycles. The molecular weight excluding hydrogens is 172 g/mol. The molecule has 0 N–H and O–H groups in total. The molecule has 1 aliphatic rings. The molecule has 0 spiro atoms. The molecule has 1 unspecified atom stereocenters. The molecule has 0 saturated heterocycles. The third-order valence-electron chi connectivity index (χ3n) is 2.82. The van der Waals surface area contributed by atoms with Gasteiger partial charge in [0.25, 0.3) is 0 Å².